The molecule has 1 atom stereocenters. The largest absolute Gasteiger partial charge is 0.480 e. The Kier molecular flexibility index (Phi) is 7.60. The third-order valence-electron chi connectivity index (χ3n) is 2.98. The molecule has 1 aromatic heterocycles. The first kappa shape index (κ1) is 17.3. The van der Waals surface area contributed by atoms with Crippen LogP contribution in [-0.4, -0.2) is 58.6 Å². The van der Waals surface area contributed by atoms with Crippen LogP contribution in [0.1, 0.15) is 12.1 Å². The highest BCUT2D eigenvalue weighted by Gasteiger charge is 2.21. The summed E-state index contributed by atoms with van der Waals surface area (Å²) >= 11 is 1.55. The van der Waals surface area contributed by atoms with Gasteiger partial charge in [0, 0.05) is 31.9 Å². The van der Waals surface area contributed by atoms with Gasteiger partial charge in [-0.15, -0.1) is 0 Å². The topological polar surface area (TPSA) is 82.5 Å². The van der Waals surface area contributed by atoms with Crippen molar-refractivity contribution in [2.75, 3.05) is 25.6 Å². The molecule has 6 nitrogen and oxygen atoms in total. The maximum atomic E-state index is 12.0. The number of carbonyl (C=O) groups is 2. The molecule has 1 heterocycles. The van der Waals surface area contributed by atoms with E-state index in [9.17, 15) is 9.59 Å². The average Bonchev–Trinajstić information content (AvgIpc) is 2.49. The molecule has 7 heteroatoms. The summed E-state index contributed by atoms with van der Waals surface area (Å²) in [6, 6.07) is 4.40. The summed E-state index contributed by atoms with van der Waals surface area (Å²) in [6.45, 7) is 0.484. The van der Waals surface area contributed by atoms with Crippen LogP contribution in [0.4, 0.5) is 4.79 Å². The Hall–Kier alpha value is -1.76. The molecule has 1 rings (SSSR count). The van der Waals surface area contributed by atoms with E-state index in [2.05, 4.69) is 10.3 Å². The van der Waals surface area contributed by atoms with Crippen molar-refractivity contribution < 1.29 is 14.7 Å². The van der Waals surface area contributed by atoms with Gasteiger partial charge in [-0.3, -0.25) is 4.98 Å². The number of pyridine rings is 1. The van der Waals surface area contributed by atoms with E-state index in [0.29, 0.717) is 25.1 Å². The van der Waals surface area contributed by atoms with Gasteiger partial charge in [0.2, 0.25) is 0 Å². The zero-order chi connectivity index (χ0) is 15.7. The van der Waals surface area contributed by atoms with Gasteiger partial charge in [-0.1, -0.05) is 6.07 Å². The highest BCUT2D eigenvalue weighted by atomic mass is 32.2. The van der Waals surface area contributed by atoms with Gasteiger partial charge < -0.3 is 15.3 Å². The summed E-state index contributed by atoms with van der Waals surface area (Å²) in [5.74, 6) is -0.315. The number of aromatic nitrogens is 1. The van der Waals surface area contributed by atoms with Crippen LogP contribution < -0.4 is 5.32 Å². The first-order chi connectivity index (χ1) is 10.0. The Morgan fingerprint density at radius 1 is 1.48 bits per heavy atom. The fourth-order valence-corrected chi connectivity index (χ4v) is 2.15. The molecule has 0 saturated heterocycles. The van der Waals surface area contributed by atoms with Gasteiger partial charge in [-0.25, -0.2) is 9.59 Å². The quantitative estimate of drug-likeness (QED) is 0.760. The molecule has 1 aromatic rings. The molecule has 2 amide bonds. The Labute approximate surface area is 128 Å². The number of carboxylic acid groups (broad SMARTS) is 1. The molecule has 0 aliphatic heterocycles. The zero-order valence-electron chi connectivity index (χ0n) is 12.3. The lowest BCUT2D eigenvalue weighted by molar-refractivity contribution is -0.139. The van der Waals surface area contributed by atoms with Crippen molar-refractivity contribution in [2.45, 2.75) is 18.9 Å². The number of aliphatic carboxylic acids is 1. The number of likely N-dealkylation sites (N-methyl/N-ethyl adjacent to an activating group) is 1. The highest BCUT2D eigenvalue weighted by Crippen LogP contribution is 2.02. The van der Waals surface area contributed by atoms with Crippen molar-refractivity contribution in [3.8, 4) is 0 Å². The first-order valence-corrected chi connectivity index (χ1v) is 8.07. The number of hydrogen-bond acceptors (Lipinski definition) is 4. The predicted molar refractivity (Wildman–Crippen MR) is 83.5 cm³/mol. The van der Waals surface area contributed by atoms with Gasteiger partial charge in [-0.2, -0.15) is 11.8 Å². The Morgan fingerprint density at radius 3 is 2.81 bits per heavy atom. The maximum Gasteiger partial charge on any atom is 0.326 e. The lowest BCUT2D eigenvalue weighted by Crippen LogP contribution is -2.47. The Balaban J connectivity index is 2.43. The standard InChI is InChI=1S/C14H21N3O3S/c1-17(9-6-11-5-3-4-8-15-11)14(20)16-12(13(18)19)7-10-21-2/h3-5,8,12H,6-7,9-10H2,1-2H3,(H,16,20)(H,18,19)/t12-/m1/s1. The zero-order valence-corrected chi connectivity index (χ0v) is 13.1. The number of amides is 2. The summed E-state index contributed by atoms with van der Waals surface area (Å²) in [4.78, 5) is 28.7. The average molecular weight is 311 g/mol. The lowest BCUT2D eigenvalue weighted by Gasteiger charge is -2.21. The third-order valence-corrected chi connectivity index (χ3v) is 3.63. The van der Waals surface area contributed by atoms with Crippen LogP contribution in [0.15, 0.2) is 24.4 Å². The number of nitrogens with zero attached hydrogens (tertiary/aromatic N) is 2. The number of urea groups is 1. The molecule has 116 valence electrons. The number of carboxylic acids is 1. The van der Waals surface area contributed by atoms with Gasteiger partial charge in [0.25, 0.3) is 0 Å². The van der Waals surface area contributed by atoms with Gasteiger partial charge in [0.05, 0.1) is 0 Å². The van der Waals surface area contributed by atoms with Gasteiger partial charge in [0.15, 0.2) is 0 Å². The van der Waals surface area contributed by atoms with Crippen LogP contribution in [0.5, 0.6) is 0 Å². The molecule has 0 bridgehead atoms. The molecule has 0 saturated carbocycles. The van der Waals surface area contributed by atoms with Gasteiger partial charge >= 0.3 is 12.0 Å². The number of thioether (sulfide) groups is 1. The van der Waals surface area contributed by atoms with Crippen molar-refractivity contribution in [3.05, 3.63) is 30.1 Å². The fraction of sp³-hybridized carbons (Fsp3) is 0.500. The predicted octanol–water partition coefficient (Wildman–Crippen LogP) is 1.47. The minimum atomic E-state index is -1.00. The van der Waals surface area contributed by atoms with Crippen LogP contribution in [0.25, 0.3) is 0 Å². The van der Waals surface area contributed by atoms with E-state index in [1.54, 1.807) is 25.0 Å². The second kappa shape index (κ2) is 9.23. The molecule has 0 fully saturated rings. The van der Waals surface area contributed by atoms with Crippen molar-refractivity contribution in [1.82, 2.24) is 15.2 Å². The highest BCUT2D eigenvalue weighted by molar-refractivity contribution is 7.98. The van der Waals surface area contributed by atoms with Crippen molar-refractivity contribution >= 4 is 23.8 Å². The number of carbonyl (C=O) groups excluding carboxylic acids is 1. The van der Waals surface area contributed by atoms with Crippen LogP contribution >= 0.6 is 11.8 Å². The molecule has 21 heavy (non-hydrogen) atoms. The molecular formula is C14H21N3O3S. The van der Waals surface area contributed by atoms with E-state index in [4.69, 9.17) is 5.11 Å². The third kappa shape index (κ3) is 6.48. The Morgan fingerprint density at radius 2 is 2.24 bits per heavy atom. The van der Waals surface area contributed by atoms with E-state index in [1.807, 2.05) is 24.5 Å². The van der Waals surface area contributed by atoms with Crippen molar-refractivity contribution in [2.24, 2.45) is 0 Å². The molecule has 0 radical (unpaired) electrons. The monoisotopic (exact) mass is 311 g/mol. The van der Waals surface area contributed by atoms with Crippen LogP contribution in [0.2, 0.25) is 0 Å². The van der Waals surface area contributed by atoms with Crippen LogP contribution in [-0.2, 0) is 11.2 Å². The summed E-state index contributed by atoms with van der Waals surface area (Å²) in [5, 5.41) is 11.6. The normalized spacial score (nSPS) is 11.7. The molecule has 0 aliphatic carbocycles. The maximum absolute atomic E-state index is 12.0. The molecular weight excluding hydrogens is 290 g/mol. The molecule has 0 aliphatic rings. The SMILES string of the molecule is CSCC[C@@H](NC(=O)N(C)CCc1ccccn1)C(=O)O. The molecule has 2 N–H and O–H groups in total. The number of hydrogen-bond donors (Lipinski definition) is 2. The minimum Gasteiger partial charge on any atom is -0.480 e. The van der Waals surface area contributed by atoms with E-state index in [1.165, 1.54) is 4.90 Å². The fourth-order valence-electron chi connectivity index (χ4n) is 1.68. The summed E-state index contributed by atoms with van der Waals surface area (Å²) in [7, 11) is 1.64. The van der Waals surface area contributed by atoms with E-state index in [0.717, 1.165) is 5.69 Å². The summed E-state index contributed by atoms with van der Waals surface area (Å²) < 4.78 is 0. The molecule has 0 aromatic carbocycles. The minimum absolute atomic E-state index is 0.376. The van der Waals surface area contributed by atoms with Gasteiger partial charge in [-0.05, 0) is 30.6 Å². The van der Waals surface area contributed by atoms with E-state index in [-0.39, 0.29) is 6.03 Å². The van der Waals surface area contributed by atoms with Crippen molar-refractivity contribution in [1.29, 1.82) is 0 Å². The smallest absolute Gasteiger partial charge is 0.326 e. The van der Waals surface area contributed by atoms with Crippen LogP contribution in [0, 0.1) is 0 Å². The van der Waals surface area contributed by atoms with E-state index >= 15 is 0 Å². The lowest BCUT2D eigenvalue weighted by atomic mass is 10.2. The second-order valence-corrected chi connectivity index (χ2v) is 5.60. The van der Waals surface area contributed by atoms with Gasteiger partial charge in [0.1, 0.15) is 6.04 Å². The molecule has 0 unspecified atom stereocenters. The summed E-state index contributed by atoms with van der Waals surface area (Å²) in [6.07, 6.45) is 4.65. The number of nitrogens with one attached hydrogen (secondary N) is 1. The first-order valence-electron chi connectivity index (χ1n) is 6.68. The van der Waals surface area contributed by atoms with Crippen molar-refractivity contribution in [3.63, 3.8) is 0 Å². The van der Waals surface area contributed by atoms with Crippen LogP contribution in [0.3, 0.4) is 0 Å². The number of rotatable bonds is 8. The van der Waals surface area contributed by atoms with E-state index < -0.39 is 12.0 Å². The second-order valence-electron chi connectivity index (χ2n) is 4.61. The Bertz CT molecular complexity index is 456. The molecule has 0 spiro atoms. The summed E-state index contributed by atoms with van der Waals surface area (Å²) in [5.41, 5.74) is 0.898.